The summed E-state index contributed by atoms with van der Waals surface area (Å²) >= 11 is 1.71. The maximum absolute atomic E-state index is 5.33. The van der Waals surface area contributed by atoms with Crippen LogP contribution in [0.2, 0.25) is 0 Å². The topological polar surface area (TPSA) is 34.4 Å². The van der Waals surface area contributed by atoms with Gasteiger partial charge >= 0.3 is 0 Å². The summed E-state index contributed by atoms with van der Waals surface area (Å²) in [5.74, 6) is 0.952. The smallest absolute Gasteiger partial charge is 0.134 e. The zero-order valence-corrected chi connectivity index (χ0v) is 10.2. The van der Waals surface area contributed by atoms with Gasteiger partial charge in [-0.2, -0.15) is 0 Å². The number of likely N-dealkylation sites (N-methyl/N-ethyl adjacent to an activating group) is 1. The third-order valence-corrected chi connectivity index (χ3v) is 3.57. The summed E-state index contributed by atoms with van der Waals surface area (Å²) in [5, 5.41) is 5.36. The molecule has 1 atom stereocenters. The molecule has 0 saturated heterocycles. The first kappa shape index (κ1) is 11.2. The molecule has 2 aromatic rings. The third kappa shape index (κ3) is 2.28. The first-order valence-electron chi connectivity index (χ1n) is 5.15. The lowest BCUT2D eigenvalue weighted by atomic mass is 10.1. The quantitative estimate of drug-likeness (QED) is 0.868. The molecular weight excluding hydrogens is 222 g/mol. The molecule has 0 radical (unpaired) electrons. The number of nitrogens with one attached hydrogen (secondary N) is 1. The molecule has 1 N–H and O–H groups in total. The van der Waals surface area contributed by atoms with Crippen molar-refractivity contribution in [2.24, 2.45) is 0 Å². The molecule has 16 heavy (non-hydrogen) atoms. The predicted molar refractivity (Wildman–Crippen MR) is 65.1 cm³/mol. The highest BCUT2D eigenvalue weighted by Gasteiger charge is 2.16. The van der Waals surface area contributed by atoms with E-state index in [1.807, 2.05) is 24.6 Å². The largest absolute Gasteiger partial charge is 0.496 e. The van der Waals surface area contributed by atoms with Gasteiger partial charge in [0.1, 0.15) is 5.75 Å². The minimum Gasteiger partial charge on any atom is -0.496 e. The molecule has 2 aromatic heterocycles. The van der Waals surface area contributed by atoms with E-state index in [4.69, 9.17) is 9.15 Å². The summed E-state index contributed by atoms with van der Waals surface area (Å²) in [5.41, 5.74) is 1.19. The molecule has 0 aliphatic heterocycles. The molecule has 86 valence electrons. The molecule has 0 bridgehead atoms. The number of methoxy groups -OCH3 is 1. The van der Waals surface area contributed by atoms with Gasteiger partial charge in [-0.05, 0) is 36.5 Å². The van der Waals surface area contributed by atoms with Crippen LogP contribution in [0, 0.1) is 0 Å². The molecule has 0 amide bonds. The van der Waals surface area contributed by atoms with Crippen LogP contribution in [0.4, 0.5) is 0 Å². The maximum atomic E-state index is 5.33. The minimum absolute atomic E-state index is 0.271. The lowest BCUT2D eigenvalue weighted by Crippen LogP contribution is -2.18. The van der Waals surface area contributed by atoms with Crippen LogP contribution in [-0.2, 0) is 6.42 Å². The number of rotatable bonds is 5. The fourth-order valence-electron chi connectivity index (χ4n) is 1.70. The van der Waals surface area contributed by atoms with Gasteiger partial charge in [-0.1, -0.05) is 0 Å². The van der Waals surface area contributed by atoms with Gasteiger partial charge in [0.05, 0.1) is 24.5 Å². The Bertz CT molecular complexity index is 422. The Morgan fingerprint density at radius 2 is 2.38 bits per heavy atom. The summed E-state index contributed by atoms with van der Waals surface area (Å²) in [6.45, 7) is 0. The number of thiophene rings is 1. The van der Waals surface area contributed by atoms with Crippen molar-refractivity contribution < 1.29 is 9.15 Å². The van der Waals surface area contributed by atoms with Gasteiger partial charge in [-0.25, -0.2) is 0 Å². The Kier molecular flexibility index (Phi) is 3.64. The molecule has 3 nitrogen and oxygen atoms in total. The minimum atomic E-state index is 0.271. The Balaban J connectivity index is 2.16. The van der Waals surface area contributed by atoms with Crippen molar-refractivity contribution >= 4 is 11.3 Å². The Morgan fingerprint density at radius 3 is 3.00 bits per heavy atom. The van der Waals surface area contributed by atoms with Gasteiger partial charge in [0, 0.05) is 6.04 Å². The molecule has 2 rings (SSSR count). The van der Waals surface area contributed by atoms with Gasteiger partial charge in [0.25, 0.3) is 0 Å². The number of hydrogen-bond acceptors (Lipinski definition) is 4. The van der Waals surface area contributed by atoms with E-state index >= 15 is 0 Å². The van der Waals surface area contributed by atoms with Crippen molar-refractivity contribution in [3.63, 3.8) is 0 Å². The number of hydrogen-bond donors (Lipinski definition) is 1. The molecule has 2 heterocycles. The van der Waals surface area contributed by atoms with Crippen molar-refractivity contribution in [3.8, 4) is 5.75 Å². The Hall–Kier alpha value is -1.26. The summed E-state index contributed by atoms with van der Waals surface area (Å²) in [4.78, 5) is 1.23. The molecule has 0 aliphatic carbocycles. The van der Waals surface area contributed by atoms with E-state index in [0.717, 1.165) is 12.2 Å². The Morgan fingerprint density at radius 1 is 1.50 bits per heavy atom. The average molecular weight is 237 g/mol. The van der Waals surface area contributed by atoms with Crippen molar-refractivity contribution in [1.29, 1.82) is 0 Å². The van der Waals surface area contributed by atoms with Crippen LogP contribution in [0.3, 0.4) is 0 Å². The van der Waals surface area contributed by atoms with Gasteiger partial charge < -0.3 is 14.5 Å². The van der Waals surface area contributed by atoms with Crippen LogP contribution in [0.25, 0.3) is 0 Å². The van der Waals surface area contributed by atoms with Crippen LogP contribution in [-0.4, -0.2) is 14.2 Å². The lowest BCUT2D eigenvalue weighted by Gasteiger charge is -2.15. The summed E-state index contributed by atoms with van der Waals surface area (Å²) < 4.78 is 10.4. The zero-order valence-electron chi connectivity index (χ0n) is 9.40. The molecule has 0 fully saturated rings. The van der Waals surface area contributed by atoms with Crippen LogP contribution < -0.4 is 10.1 Å². The van der Waals surface area contributed by atoms with Crippen molar-refractivity contribution in [2.75, 3.05) is 14.2 Å². The second kappa shape index (κ2) is 5.18. The van der Waals surface area contributed by atoms with Crippen LogP contribution in [0.1, 0.15) is 16.5 Å². The standard InChI is InChI=1S/C12H15NO2S/c1-13-10(7-9-3-5-15-8-9)12-11(14-2)4-6-16-12/h3-6,8,10,13H,7H2,1-2H3. The highest BCUT2D eigenvalue weighted by atomic mass is 32.1. The van der Waals surface area contributed by atoms with Crippen molar-refractivity contribution in [3.05, 3.63) is 40.5 Å². The average Bonchev–Trinajstić information content (AvgIpc) is 2.96. The molecule has 0 spiro atoms. The van der Waals surface area contributed by atoms with E-state index in [2.05, 4.69) is 5.32 Å². The van der Waals surface area contributed by atoms with Gasteiger partial charge in [0.15, 0.2) is 0 Å². The Labute approximate surface area is 99.0 Å². The molecule has 1 unspecified atom stereocenters. The number of furan rings is 1. The van der Waals surface area contributed by atoms with Gasteiger partial charge in [-0.3, -0.25) is 0 Å². The molecule has 0 aromatic carbocycles. The maximum Gasteiger partial charge on any atom is 0.134 e. The monoisotopic (exact) mass is 237 g/mol. The fourth-order valence-corrected chi connectivity index (χ4v) is 2.67. The van der Waals surface area contributed by atoms with E-state index in [1.165, 1.54) is 10.4 Å². The third-order valence-electron chi connectivity index (χ3n) is 2.56. The molecular formula is C12H15NO2S. The second-order valence-electron chi connectivity index (χ2n) is 3.53. The molecule has 4 heteroatoms. The summed E-state index contributed by atoms with van der Waals surface area (Å²) in [7, 11) is 3.67. The van der Waals surface area contributed by atoms with E-state index in [0.29, 0.717) is 0 Å². The summed E-state index contributed by atoms with van der Waals surface area (Å²) in [6.07, 6.45) is 4.39. The second-order valence-corrected chi connectivity index (χ2v) is 4.48. The lowest BCUT2D eigenvalue weighted by molar-refractivity contribution is 0.405. The van der Waals surface area contributed by atoms with Gasteiger partial charge in [0.2, 0.25) is 0 Å². The van der Waals surface area contributed by atoms with E-state index in [-0.39, 0.29) is 6.04 Å². The van der Waals surface area contributed by atoms with Crippen LogP contribution >= 0.6 is 11.3 Å². The van der Waals surface area contributed by atoms with E-state index < -0.39 is 0 Å². The molecule has 0 saturated carbocycles. The first-order valence-corrected chi connectivity index (χ1v) is 6.03. The predicted octanol–water partition coefficient (Wildman–Crippen LogP) is 2.85. The van der Waals surface area contributed by atoms with Crippen LogP contribution in [0.15, 0.2) is 34.5 Å². The highest BCUT2D eigenvalue weighted by Crippen LogP contribution is 2.32. The van der Waals surface area contributed by atoms with Crippen molar-refractivity contribution in [1.82, 2.24) is 5.32 Å². The SMILES string of the molecule is CNC(Cc1ccoc1)c1sccc1OC. The number of ether oxygens (including phenoxy) is 1. The summed E-state index contributed by atoms with van der Waals surface area (Å²) in [6, 6.07) is 4.26. The highest BCUT2D eigenvalue weighted by molar-refractivity contribution is 7.10. The van der Waals surface area contributed by atoms with Crippen molar-refractivity contribution in [2.45, 2.75) is 12.5 Å². The van der Waals surface area contributed by atoms with Gasteiger partial charge in [-0.15, -0.1) is 11.3 Å². The van der Waals surface area contributed by atoms with Crippen LogP contribution in [0.5, 0.6) is 5.75 Å². The molecule has 0 aliphatic rings. The fraction of sp³-hybridized carbons (Fsp3) is 0.333. The first-order chi connectivity index (χ1) is 7.85. The van der Waals surface area contributed by atoms with E-state index in [1.54, 1.807) is 31.0 Å². The zero-order chi connectivity index (χ0) is 11.4. The van der Waals surface area contributed by atoms with E-state index in [9.17, 15) is 0 Å². The normalized spacial score (nSPS) is 12.6.